The van der Waals surface area contributed by atoms with Crippen molar-refractivity contribution >= 4 is 22.6 Å². The lowest BCUT2D eigenvalue weighted by Crippen LogP contribution is -2.44. The molecule has 23 heavy (non-hydrogen) atoms. The van der Waals surface area contributed by atoms with Crippen molar-refractivity contribution in [1.82, 2.24) is 9.58 Å². The Morgan fingerprint density at radius 1 is 1.26 bits per heavy atom. The van der Waals surface area contributed by atoms with Gasteiger partial charge in [-0.1, -0.05) is 0 Å². The summed E-state index contributed by atoms with van der Waals surface area (Å²) >= 11 is 0. The van der Waals surface area contributed by atoms with Crippen molar-refractivity contribution in [2.75, 3.05) is 44.0 Å². The van der Waals surface area contributed by atoms with Gasteiger partial charge >= 0.3 is 5.97 Å². The van der Waals surface area contributed by atoms with Gasteiger partial charge in [-0.15, -0.1) is 0 Å². The highest BCUT2D eigenvalue weighted by Crippen LogP contribution is 2.25. The highest BCUT2D eigenvalue weighted by atomic mass is 19.1. The molecule has 0 radical (unpaired) electrons. The average Bonchev–Trinajstić information content (AvgIpc) is 2.51. The number of likely N-dealkylation sites (N-methyl/N-ethyl adjacent to an activating group) is 1. The number of carboxylic acid groups (broad SMARTS) is 1. The van der Waals surface area contributed by atoms with Crippen LogP contribution >= 0.6 is 0 Å². The summed E-state index contributed by atoms with van der Waals surface area (Å²) in [5, 5.41) is 8.99. The van der Waals surface area contributed by atoms with Crippen LogP contribution in [0, 0.1) is 5.82 Å². The van der Waals surface area contributed by atoms with Gasteiger partial charge in [0.25, 0.3) is 0 Å². The fraction of sp³-hybridized carbons (Fsp3) is 0.333. The number of carboxylic acids is 1. The van der Waals surface area contributed by atoms with Gasteiger partial charge in [-0.2, -0.15) is 0 Å². The number of anilines is 1. The van der Waals surface area contributed by atoms with Crippen LogP contribution in [0.5, 0.6) is 0 Å². The molecule has 0 bridgehead atoms. The van der Waals surface area contributed by atoms with E-state index in [1.165, 1.54) is 6.07 Å². The summed E-state index contributed by atoms with van der Waals surface area (Å²) in [7, 11) is 2.00. The Labute approximate surface area is 131 Å². The summed E-state index contributed by atoms with van der Waals surface area (Å²) in [6.07, 6.45) is 1.05. The van der Waals surface area contributed by atoms with E-state index in [1.807, 2.05) is 11.9 Å². The second-order valence-electron chi connectivity index (χ2n) is 5.70. The Bertz CT molecular complexity index is 841. The number of rotatable bonds is 2. The van der Waals surface area contributed by atoms with Crippen molar-refractivity contribution in [3.63, 3.8) is 0 Å². The molecule has 3 N–H and O–H groups in total. The van der Waals surface area contributed by atoms with Gasteiger partial charge in [0, 0.05) is 32.4 Å². The van der Waals surface area contributed by atoms with E-state index in [4.69, 9.17) is 10.9 Å². The third kappa shape index (κ3) is 2.61. The maximum Gasteiger partial charge on any atom is 0.341 e. The summed E-state index contributed by atoms with van der Waals surface area (Å²) in [6, 6.07) is 2.57. The molecule has 7 nitrogen and oxygen atoms in total. The van der Waals surface area contributed by atoms with Gasteiger partial charge in [-0.05, 0) is 19.2 Å². The van der Waals surface area contributed by atoms with Crippen LogP contribution < -0.4 is 16.2 Å². The minimum atomic E-state index is -1.39. The molecule has 0 amide bonds. The van der Waals surface area contributed by atoms with E-state index in [2.05, 4.69) is 4.90 Å². The molecule has 0 atom stereocenters. The van der Waals surface area contributed by atoms with Crippen LogP contribution in [0.3, 0.4) is 0 Å². The summed E-state index contributed by atoms with van der Waals surface area (Å²) < 4.78 is 15.5. The van der Waals surface area contributed by atoms with Crippen LogP contribution in [0.4, 0.5) is 10.1 Å². The second kappa shape index (κ2) is 5.54. The van der Waals surface area contributed by atoms with E-state index in [0.29, 0.717) is 24.3 Å². The number of benzene rings is 1. The zero-order valence-electron chi connectivity index (χ0n) is 12.6. The molecule has 2 heterocycles. The number of nitrogens with zero attached hydrogens (tertiary/aromatic N) is 3. The first-order chi connectivity index (χ1) is 10.9. The lowest BCUT2D eigenvalue weighted by atomic mass is 10.1. The van der Waals surface area contributed by atoms with Crippen LogP contribution in [-0.4, -0.2) is 53.9 Å². The number of pyridine rings is 1. The predicted molar refractivity (Wildman–Crippen MR) is 85.0 cm³/mol. The fourth-order valence-electron chi connectivity index (χ4n) is 2.80. The molecule has 0 saturated carbocycles. The van der Waals surface area contributed by atoms with Crippen molar-refractivity contribution in [3.05, 3.63) is 39.9 Å². The molecule has 0 aliphatic carbocycles. The first-order valence-electron chi connectivity index (χ1n) is 7.19. The van der Waals surface area contributed by atoms with Crippen molar-refractivity contribution in [1.29, 1.82) is 0 Å². The first kappa shape index (κ1) is 15.3. The van der Waals surface area contributed by atoms with Gasteiger partial charge in [-0.3, -0.25) is 9.47 Å². The molecular formula is C15H17FN4O3. The quantitative estimate of drug-likeness (QED) is 0.774. The standard InChI is InChI=1S/C15H17FN4O3/c1-18-2-4-19(5-3-18)13-7-12-9(6-11(13)16)14(21)10(15(22)23)8-20(12)17/h6-8H,2-5,17H2,1H3,(H,22,23). The van der Waals surface area contributed by atoms with Gasteiger partial charge in [-0.25, -0.2) is 9.18 Å². The van der Waals surface area contributed by atoms with E-state index in [1.54, 1.807) is 0 Å². The van der Waals surface area contributed by atoms with Gasteiger partial charge < -0.3 is 20.7 Å². The average molecular weight is 320 g/mol. The summed E-state index contributed by atoms with van der Waals surface area (Å²) in [5.41, 5.74) is -0.549. The molecule has 3 rings (SSSR count). The topological polar surface area (TPSA) is 91.8 Å². The molecule has 1 aromatic heterocycles. The SMILES string of the molecule is CN1CCN(c2cc3c(cc2F)c(=O)c(C(=O)O)cn3N)CC1. The minimum Gasteiger partial charge on any atom is -0.477 e. The van der Waals surface area contributed by atoms with E-state index in [9.17, 15) is 14.0 Å². The number of fused-ring (bicyclic) bond motifs is 1. The Morgan fingerprint density at radius 2 is 1.91 bits per heavy atom. The zero-order valence-corrected chi connectivity index (χ0v) is 12.6. The monoisotopic (exact) mass is 320 g/mol. The first-order valence-corrected chi connectivity index (χ1v) is 7.19. The number of aromatic nitrogens is 1. The van der Waals surface area contributed by atoms with Gasteiger partial charge in [0.2, 0.25) is 5.43 Å². The van der Waals surface area contributed by atoms with E-state index in [-0.39, 0.29) is 5.39 Å². The summed E-state index contributed by atoms with van der Waals surface area (Å²) in [5.74, 6) is 3.86. The van der Waals surface area contributed by atoms with E-state index >= 15 is 0 Å². The highest BCUT2D eigenvalue weighted by Gasteiger charge is 2.21. The molecule has 1 aliphatic heterocycles. The van der Waals surface area contributed by atoms with Gasteiger partial charge in [0.05, 0.1) is 16.6 Å². The van der Waals surface area contributed by atoms with E-state index in [0.717, 1.165) is 30.0 Å². The molecule has 1 aromatic carbocycles. The third-order valence-electron chi connectivity index (χ3n) is 4.18. The summed E-state index contributed by atoms with van der Waals surface area (Å²) in [6.45, 7) is 2.96. The second-order valence-corrected chi connectivity index (χ2v) is 5.70. The van der Waals surface area contributed by atoms with Gasteiger partial charge in [0.15, 0.2) is 0 Å². The Balaban J connectivity index is 2.15. The predicted octanol–water partition coefficient (Wildman–Crippen LogP) is 0.304. The minimum absolute atomic E-state index is 0.0391. The highest BCUT2D eigenvalue weighted by molar-refractivity contribution is 5.93. The van der Waals surface area contributed by atoms with Crippen molar-refractivity contribution < 1.29 is 14.3 Å². The van der Waals surface area contributed by atoms with Crippen LogP contribution in [0.15, 0.2) is 23.1 Å². The Morgan fingerprint density at radius 3 is 2.52 bits per heavy atom. The normalized spacial score (nSPS) is 16.0. The molecule has 8 heteroatoms. The van der Waals surface area contributed by atoms with Crippen molar-refractivity contribution in [3.8, 4) is 0 Å². The number of aromatic carboxylic acids is 1. The van der Waals surface area contributed by atoms with Crippen molar-refractivity contribution in [2.24, 2.45) is 0 Å². The maximum atomic E-state index is 14.5. The number of hydrogen-bond donors (Lipinski definition) is 2. The van der Waals surface area contributed by atoms with Crippen molar-refractivity contribution in [2.45, 2.75) is 0 Å². The Kier molecular flexibility index (Phi) is 3.69. The molecule has 122 valence electrons. The fourth-order valence-corrected chi connectivity index (χ4v) is 2.80. The zero-order chi connectivity index (χ0) is 16.7. The molecule has 1 aliphatic rings. The number of hydrogen-bond acceptors (Lipinski definition) is 5. The van der Waals surface area contributed by atoms with Crippen LogP contribution in [0.25, 0.3) is 10.9 Å². The van der Waals surface area contributed by atoms with Gasteiger partial charge in [0.1, 0.15) is 11.4 Å². The summed E-state index contributed by atoms with van der Waals surface area (Å²) in [4.78, 5) is 27.3. The number of nitrogen functional groups attached to an aromatic ring is 1. The van der Waals surface area contributed by atoms with Crippen LogP contribution in [0.2, 0.25) is 0 Å². The number of carbonyl (C=O) groups is 1. The molecule has 1 saturated heterocycles. The third-order valence-corrected chi connectivity index (χ3v) is 4.18. The lowest BCUT2D eigenvalue weighted by molar-refractivity contribution is 0.0695. The van der Waals surface area contributed by atoms with E-state index < -0.39 is 22.8 Å². The molecule has 0 spiro atoms. The number of piperazine rings is 1. The largest absolute Gasteiger partial charge is 0.477 e. The number of nitrogens with two attached hydrogens (primary N) is 1. The molecule has 2 aromatic rings. The smallest absolute Gasteiger partial charge is 0.341 e. The molecular weight excluding hydrogens is 303 g/mol. The molecule has 1 fully saturated rings. The van der Waals surface area contributed by atoms with Crippen LogP contribution in [-0.2, 0) is 0 Å². The Hall–Kier alpha value is -2.61. The molecule has 0 unspecified atom stereocenters. The lowest BCUT2D eigenvalue weighted by Gasteiger charge is -2.34. The maximum absolute atomic E-state index is 14.5. The van der Waals surface area contributed by atoms with Crippen LogP contribution in [0.1, 0.15) is 10.4 Å². The number of halogens is 1.